The summed E-state index contributed by atoms with van der Waals surface area (Å²) in [5.41, 5.74) is 0. The molecule has 0 saturated carbocycles. The molecule has 0 amide bonds. The molecule has 0 aliphatic heterocycles. The maximum Gasteiger partial charge on any atom is 0.191 e. The van der Waals surface area contributed by atoms with Gasteiger partial charge in [-0.1, -0.05) is 41.5 Å². The van der Waals surface area contributed by atoms with Gasteiger partial charge in [-0.15, -0.1) is 0 Å². The molecule has 0 aromatic carbocycles. The lowest BCUT2D eigenvalue weighted by molar-refractivity contribution is -0.127. The van der Waals surface area contributed by atoms with Crippen LogP contribution in [0.3, 0.4) is 0 Å². The maximum absolute atomic E-state index is 12.0. The number of carbonyl (C=O) groups is 1. The highest BCUT2D eigenvalue weighted by molar-refractivity contribution is 6.74. The largest absolute Gasteiger partial charge is 0.416 e. The molecule has 0 saturated heterocycles. The van der Waals surface area contributed by atoms with Crippen molar-refractivity contribution in [2.75, 3.05) is 6.61 Å². The predicted octanol–water partition coefficient (Wildman–Crippen LogP) is 3.62. The third kappa shape index (κ3) is 5.75. The van der Waals surface area contributed by atoms with Gasteiger partial charge in [0, 0.05) is 18.9 Å². The Bertz CT molecular complexity index is 292. The molecule has 4 heteroatoms. The van der Waals surface area contributed by atoms with Crippen molar-refractivity contribution in [1.82, 2.24) is 0 Å². The average Bonchev–Trinajstić information content (AvgIpc) is 2.24. The molecule has 3 nitrogen and oxygen atoms in total. The molecule has 19 heavy (non-hydrogen) atoms. The molecule has 1 N–H and O–H groups in total. The topological polar surface area (TPSA) is 46.5 Å². The van der Waals surface area contributed by atoms with Crippen LogP contribution < -0.4 is 0 Å². The van der Waals surface area contributed by atoms with Crippen LogP contribution in [-0.4, -0.2) is 31.9 Å². The van der Waals surface area contributed by atoms with Gasteiger partial charge >= 0.3 is 0 Å². The Kier molecular flexibility index (Phi) is 6.93. The van der Waals surface area contributed by atoms with Crippen molar-refractivity contribution >= 4 is 14.1 Å². The van der Waals surface area contributed by atoms with Gasteiger partial charge in [-0.2, -0.15) is 0 Å². The van der Waals surface area contributed by atoms with Gasteiger partial charge in [-0.25, -0.2) is 0 Å². The second kappa shape index (κ2) is 7.00. The third-order valence-electron chi connectivity index (χ3n) is 4.32. The highest BCUT2D eigenvalue weighted by atomic mass is 28.4. The number of hydrogen-bond acceptors (Lipinski definition) is 3. The van der Waals surface area contributed by atoms with Crippen molar-refractivity contribution in [3.8, 4) is 0 Å². The first-order chi connectivity index (χ1) is 8.40. The quantitative estimate of drug-likeness (QED) is 0.728. The van der Waals surface area contributed by atoms with E-state index >= 15 is 0 Å². The minimum atomic E-state index is -1.77. The van der Waals surface area contributed by atoms with E-state index in [0.29, 0.717) is 13.0 Å². The summed E-state index contributed by atoms with van der Waals surface area (Å²) in [5.74, 6) is -0.0943. The number of hydrogen-bond donors (Lipinski definition) is 1. The van der Waals surface area contributed by atoms with Gasteiger partial charge in [0.1, 0.15) is 5.78 Å². The van der Waals surface area contributed by atoms with Crippen LogP contribution in [0.4, 0.5) is 0 Å². The molecule has 0 aromatic rings. The van der Waals surface area contributed by atoms with Gasteiger partial charge < -0.3 is 9.53 Å². The maximum atomic E-state index is 12.0. The molecule has 0 heterocycles. The summed E-state index contributed by atoms with van der Waals surface area (Å²) >= 11 is 0. The summed E-state index contributed by atoms with van der Waals surface area (Å²) in [4.78, 5) is 12.0. The minimum absolute atomic E-state index is 0.0971. The van der Waals surface area contributed by atoms with E-state index in [-0.39, 0.29) is 22.7 Å². The van der Waals surface area contributed by atoms with Crippen LogP contribution in [0.15, 0.2) is 0 Å². The van der Waals surface area contributed by atoms with Gasteiger partial charge in [0.15, 0.2) is 8.32 Å². The molecule has 0 rings (SSSR count). The Labute approximate surface area is 119 Å². The molecule has 0 bridgehead atoms. The van der Waals surface area contributed by atoms with Gasteiger partial charge in [0.2, 0.25) is 0 Å². The molecule has 0 aliphatic rings. The molecular weight excluding hydrogens is 256 g/mol. The fraction of sp³-hybridized carbons (Fsp3) is 0.933. The smallest absolute Gasteiger partial charge is 0.191 e. The Morgan fingerprint density at radius 1 is 1.21 bits per heavy atom. The highest BCUT2D eigenvalue weighted by Crippen LogP contribution is 2.36. The summed E-state index contributed by atoms with van der Waals surface area (Å²) in [6.07, 6.45) is -0.155. The van der Waals surface area contributed by atoms with Crippen molar-refractivity contribution in [2.24, 2.45) is 11.8 Å². The van der Waals surface area contributed by atoms with E-state index in [2.05, 4.69) is 33.9 Å². The Hall–Kier alpha value is -0.193. The van der Waals surface area contributed by atoms with E-state index < -0.39 is 14.4 Å². The molecule has 2 atom stereocenters. The summed E-state index contributed by atoms with van der Waals surface area (Å²) in [5, 5.41) is 10.1. The second-order valence-corrected chi connectivity index (χ2v) is 12.2. The van der Waals surface area contributed by atoms with Crippen LogP contribution in [0.2, 0.25) is 18.1 Å². The van der Waals surface area contributed by atoms with Gasteiger partial charge in [0.05, 0.1) is 6.10 Å². The Balaban J connectivity index is 4.26. The average molecular weight is 289 g/mol. The third-order valence-corrected chi connectivity index (χ3v) is 8.86. The van der Waals surface area contributed by atoms with E-state index in [4.69, 9.17) is 4.43 Å². The van der Waals surface area contributed by atoms with Gasteiger partial charge in [-0.05, 0) is 24.1 Å². The summed E-state index contributed by atoms with van der Waals surface area (Å²) in [6, 6.07) is 0. The molecule has 0 radical (unpaired) electrons. The number of ketones is 1. The molecule has 114 valence electrons. The van der Waals surface area contributed by atoms with Crippen LogP contribution in [0.1, 0.15) is 48.0 Å². The van der Waals surface area contributed by atoms with Gasteiger partial charge in [0.25, 0.3) is 0 Å². The summed E-state index contributed by atoms with van der Waals surface area (Å²) in [7, 11) is -1.77. The molecule has 0 aliphatic carbocycles. The number of aliphatic hydroxyl groups excluding tert-OH is 1. The first-order valence-electron chi connectivity index (χ1n) is 7.25. The number of carbonyl (C=O) groups excluding carboxylic acids is 1. The van der Waals surface area contributed by atoms with Crippen LogP contribution in [-0.2, 0) is 9.22 Å². The van der Waals surface area contributed by atoms with E-state index in [9.17, 15) is 9.90 Å². The molecule has 0 aromatic heterocycles. The fourth-order valence-electron chi connectivity index (χ4n) is 1.62. The minimum Gasteiger partial charge on any atom is -0.416 e. The molecular formula is C15H32O3Si. The lowest BCUT2D eigenvalue weighted by atomic mass is 9.90. The number of rotatable bonds is 7. The summed E-state index contributed by atoms with van der Waals surface area (Å²) in [6.45, 7) is 17.1. The van der Waals surface area contributed by atoms with E-state index in [0.717, 1.165) is 0 Å². The van der Waals surface area contributed by atoms with E-state index in [1.165, 1.54) is 0 Å². The second-order valence-electron chi connectivity index (χ2n) is 7.35. The fourth-order valence-corrected chi connectivity index (χ4v) is 2.66. The SMILES string of the molecule is CC(C)[C@H](O)[C@@H](C)C(=O)CCO[Si](C)(C)C(C)(C)C. The van der Waals surface area contributed by atoms with Crippen molar-refractivity contribution in [2.45, 2.75) is 72.2 Å². The van der Waals surface area contributed by atoms with Gasteiger partial charge in [-0.3, -0.25) is 4.79 Å². The van der Waals surface area contributed by atoms with Crippen LogP contribution in [0, 0.1) is 11.8 Å². The lowest BCUT2D eigenvalue weighted by Gasteiger charge is -2.36. The van der Waals surface area contributed by atoms with Crippen molar-refractivity contribution < 1.29 is 14.3 Å². The van der Waals surface area contributed by atoms with E-state index in [1.54, 1.807) is 6.92 Å². The zero-order valence-corrected chi connectivity index (χ0v) is 14.9. The van der Waals surface area contributed by atoms with E-state index in [1.807, 2.05) is 13.8 Å². The predicted molar refractivity (Wildman–Crippen MR) is 82.8 cm³/mol. The van der Waals surface area contributed by atoms with Crippen LogP contribution >= 0.6 is 0 Å². The standard InChI is InChI=1S/C15H32O3Si/c1-11(2)14(17)12(3)13(16)9-10-18-19(7,8)15(4,5)6/h11-12,14,17H,9-10H2,1-8H3/t12-,14-/m0/s1. The molecule has 0 fully saturated rings. The monoisotopic (exact) mass is 288 g/mol. The zero-order chi connectivity index (χ0) is 15.4. The number of aliphatic hydroxyl groups is 1. The first kappa shape index (κ1) is 18.8. The van der Waals surface area contributed by atoms with Crippen molar-refractivity contribution in [3.05, 3.63) is 0 Å². The number of Topliss-reactive ketones (excluding diaryl/α,β-unsaturated/α-hetero) is 1. The van der Waals surface area contributed by atoms with Crippen LogP contribution in [0.25, 0.3) is 0 Å². The molecule has 0 unspecified atom stereocenters. The Morgan fingerprint density at radius 3 is 2.05 bits per heavy atom. The first-order valence-corrected chi connectivity index (χ1v) is 10.2. The van der Waals surface area contributed by atoms with Crippen molar-refractivity contribution in [3.63, 3.8) is 0 Å². The van der Waals surface area contributed by atoms with Crippen molar-refractivity contribution in [1.29, 1.82) is 0 Å². The zero-order valence-electron chi connectivity index (χ0n) is 13.9. The van der Waals surface area contributed by atoms with Crippen LogP contribution in [0.5, 0.6) is 0 Å². The molecule has 0 spiro atoms. The normalized spacial score (nSPS) is 16.5. The summed E-state index contributed by atoms with van der Waals surface area (Å²) < 4.78 is 5.99. The highest BCUT2D eigenvalue weighted by Gasteiger charge is 2.37. The lowest BCUT2D eigenvalue weighted by Crippen LogP contribution is -2.41. The Morgan fingerprint density at radius 2 is 1.68 bits per heavy atom.